The molecule has 20 heavy (non-hydrogen) atoms. The number of hydrogen-bond donors (Lipinski definition) is 0. The Morgan fingerprint density at radius 2 is 1.60 bits per heavy atom. The molecule has 1 heterocycles. The second-order valence-electron chi connectivity index (χ2n) is 4.55. The predicted molar refractivity (Wildman–Crippen MR) is 83.7 cm³/mol. The van der Waals surface area contributed by atoms with E-state index >= 15 is 0 Å². The fourth-order valence-electron chi connectivity index (χ4n) is 2.03. The number of amides is 1. The summed E-state index contributed by atoms with van der Waals surface area (Å²) in [6, 6.07) is 7.53. The highest BCUT2D eigenvalue weighted by Crippen LogP contribution is 2.09. The maximum atomic E-state index is 12.2. The smallest absolute Gasteiger partial charge is 0.253 e. The second kappa shape index (κ2) is 8.39. The van der Waals surface area contributed by atoms with Gasteiger partial charge in [0.1, 0.15) is 0 Å². The summed E-state index contributed by atoms with van der Waals surface area (Å²) in [5.74, 6) is 5.95. The first kappa shape index (κ1) is 16.3. The zero-order valence-corrected chi connectivity index (χ0v) is 12.9. The molecule has 0 N–H and O–H groups in total. The number of carbonyl (C=O) groups is 1. The summed E-state index contributed by atoms with van der Waals surface area (Å²) < 4.78 is 0. The van der Waals surface area contributed by atoms with E-state index < -0.39 is 0 Å². The monoisotopic (exact) mass is 272 g/mol. The van der Waals surface area contributed by atoms with Crippen molar-refractivity contribution in [2.24, 2.45) is 0 Å². The Labute approximate surface area is 122 Å². The van der Waals surface area contributed by atoms with Crippen molar-refractivity contribution in [1.29, 1.82) is 0 Å². The summed E-state index contributed by atoms with van der Waals surface area (Å²) in [7, 11) is 2.08. The summed E-state index contributed by atoms with van der Waals surface area (Å²) in [6.45, 7) is 9.33. The van der Waals surface area contributed by atoms with Gasteiger partial charge in [-0.3, -0.25) is 4.79 Å². The van der Waals surface area contributed by atoms with Gasteiger partial charge in [0.15, 0.2) is 0 Å². The molecule has 2 rings (SSSR count). The van der Waals surface area contributed by atoms with E-state index in [0.29, 0.717) is 0 Å². The van der Waals surface area contributed by atoms with Crippen LogP contribution in [0.2, 0.25) is 0 Å². The summed E-state index contributed by atoms with van der Waals surface area (Å²) in [6.07, 6.45) is 0. The molecule has 0 saturated carbocycles. The Balaban J connectivity index is 0.000000956. The molecule has 0 spiro atoms. The van der Waals surface area contributed by atoms with E-state index in [1.54, 1.807) is 0 Å². The zero-order valence-electron chi connectivity index (χ0n) is 12.9. The summed E-state index contributed by atoms with van der Waals surface area (Å²) in [5.41, 5.74) is 1.70. The largest absolute Gasteiger partial charge is 0.336 e. The third-order valence-electron chi connectivity index (χ3n) is 3.19. The highest BCUT2D eigenvalue weighted by molar-refractivity contribution is 5.94. The summed E-state index contributed by atoms with van der Waals surface area (Å²) in [5, 5.41) is 0. The van der Waals surface area contributed by atoms with Crippen molar-refractivity contribution in [1.82, 2.24) is 9.80 Å². The molecule has 3 heteroatoms. The van der Waals surface area contributed by atoms with Gasteiger partial charge in [-0.25, -0.2) is 0 Å². The molecular formula is C17H24N2O. The average molecular weight is 272 g/mol. The number of piperazine rings is 1. The molecule has 1 aromatic carbocycles. The molecule has 3 nitrogen and oxygen atoms in total. The molecule has 0 radical (unpaired) electrons. The molecule has 0 aromatic heterocycles. The van der Waals surface area contributed by atoms with Crippen LogP contribution in [0.3, 0.4) is 0 Å². The number of likely N-dealkylation sites (N-methyl/N-ethyl adjacent to an activating group) is 1. The van der Waals surface area contributed by atoms with Crippen molar-refractivity contribution >= 4 is 5.91 Å². The first-order valence-electron chi connectivity index (χ1n) is 7.21. The van der Waals surface area contributed by atoms with Crippen LogP contribution in [0, 0.1) is 11.8 Å². The molecule has 1 aliphatic rings. The van der Waals surface area contributed by atoms with Crippen LogP contribution in [0.4, 0.5) is 0 Å². The Kier molecular flexibility index (Phi) is 6.83. The van der Waals surface area contributed by atoms with Gasteiger partial charge in [0.05, 0.1) is 0 Å². The van der Waals surface area contributed by atoms with E-state index in [1.807, 2.05) is 49.9 Å². The third kappa shape index (κ3) is 4.40. The highest BCUT2D eigenvalue weighted by Gasteiger charge is 2.19. The molecule has 0 aliphatic carbocycles. The number of carbonyl (C=O) groups excluding carboxylic acids is 1. The Hall–Kier alpha value is -1.79. The predicted octanol–water partition coefficient (Wildman–Crippen LogP) is 2.47. The highest BCUT2D eigenvalue weighted by atomic mass is 16.2. The van der Waals surface area contributed by atoms with Crippen LogP contribution in [-0.4, -0.2) is 48.9 Å². The lowest BCUT2D eigenvalue weighted by atomic mass is 10.1. The molecule has 1 amide bonds. The summed E-state index contributed by atoms with van der Waals surface area (Å²) in [4.78, 5) is 16.4. The maximum Gasteiger partial charge on any atom is 0.253 e. The standard InChI is InChI=1S/C15H18N2O.C2H6/c1-3-4-13-5-7-14(8-6-13)15(18)17-11-9-16(2)10-12-17;1-2/h5-8H,9-12H2,1-2H3;1-2H3. The van der Waals surface area contributed by atoms with Crippen LogP contribution < -0.4 is 0 Å². The zero-order chi connectivity index (χ0) is 15.0. The van der Waals surface area contributed by atoms with E-state index in [0.717, 1.165) is 37.3 Å². The summed E-state index contributed by atoms with van der Waals surface area (Å²) >= 11 is 0. The van der Waals surface area contributed by atoms with Crippen molar-refractivity contribution in [3.8, 4) is 11.8 Å². The van der Waals surface area contributed by atoms with Crippen LogP contribution in [-0.2, 0) is 0 Å². The lowest BCUT2D eigenvalue weighted by Gasteiger charge is -2.32. The van der Waals surface area contributed by atoms with Crippen LogP contribution >= 0.6 is 0 Å². The van der Waals surface area contributed by atoms with E-state index in [2.05, 4.69) is 23.8 Å². The molecule has 1 aromatic rings. The van der Waals surface area contributed by atoms with Crippen LogP contribution in [0.25, 0.3) is 0 Å². The van der Waals surface area contributed by atoms with Gasteiger partial charge in [-0.15, -0.1) is 5.92 Å². The Bertz CT molecular complexity index is 474. The van der Waals surface area contributed by atoms with Gasteiger partial charge in [-0.1, -0.05) is 19.8 Å². The first-order valence-corrected chi connectivity index (χ1v) is 7.21. The quantitative estimate of drug-likeness (QED) is 0.733. The minimum Gasteiger partial charge on any atom is -0.336 e. The molecule has 108 valence electrons. The third-order valence-corrected chi connectivity index (χ3v) is 3.19. The van der Waals surface area contributed by atoms with E-state index in [1.165, 1.54) is 0 Å². The van der Waals surface area contributed by atoms with Gasteiger partial charge < -0.3 is 9.80 Å². The minimum atomic E-state index is 0.124. The van der Waals surface area contributed by atoms with Gasteiger partial charge >= 0.3 is 0 Å². The van der Waals surface area contributed by atoms with Crippen LogP contribution in [0.1, 0.15) is 36.7 Å². The van der Waals surface area contributed by atoms with Crippen molar-refractivity contribution in [3.05, 3.63) is 35.4 Å². The molecular weight excluding hydrogens is 248 g/mol. The van der Waals surface area contributed by atoms with E-state index in [4.69, 9.17) is 0 Å². The number of nitrogens with zero attached hydrogens (tertiary/aromatic N) is 2. The van der Waals surface area contributed by atoms with Crippen molar-refractivity contribution < 1.29 is 4.79 Å². The minimum absolute atomic E-state index is 0.124. The first-order chi connectivity index (χ1) is 9.70. The molecule has 1 aliphatic heterocycles. The van der Waals surface area contributed by atoms with Crippen molar-refractivity contribution in [3.63, 3.8) is 0 Å². The fraction of sp³-hybridized carbons (Fsp3) is 0.471. The molecule has 0 bridgehead atoms. The lowest BCUT2D eigenvalue weighted by Crippen LogP contribution is -2.47. The van der Waals surface area contributed by atoms with Gasteiger partial charge in [-0.2, -0.15) is 0 Å². The van der Waals surface area contributed by atoms with E-state index in [9.17, 15) is 4.79 Å². The van der Waals surface area contributed by atoms with Crippen molar-refractivity contribution in [2.45, 2.75) is 20.8 Å². The maximum absolute atomic E-state index is 12.2. The Morgan fingerprint density at radius 3 is 2.10 bits per heavy atom. The second-order valence-corrected chi connectivity index (χ2v) is 4.55. The van der Waals surface area contributed by atoms with Crippen molar-refractivity contribution in [2.75, 3.05) is 33.2 Å². The molecule has 0 atom stereocenters. The topological polar surface area (TPSA) is 23.6 Å². The fourth-order valence-corrected chi connectivity index (χ4v) is 2.03. The average Bonchev–Trinajstić information content (AvgIpc) is 2.50. The van der Waals surface area contributed by atoms with Gasteiger partial charge in [-0.05, 0) is 38.2 Å². The van der Waals surface area contributed by atoms with Crippen LogP contribution in [0.5, 0.6) is 0 Å². The molecule has 0 unspecified atom stereocenters. The molecule has 1 saturated heterocycles. The number of hydrogen-bond acceptors (Lipinski definition) is 2. The van der Waals surface area contributed by atoms with Crippen LogP contribution in [0.15, 0.2) is 24.3 Å². The number of rotatable bonds is 1. The lowest BCUT2D eigenvalue weighted by molar-refractivity contribution is 0.0664. The SMILES string of the molecule is CC.CC#Cc1ccc(C(=O)N2CCN(C)CC2)cc1. The molecule has 1 fully saturated rings. The number of benzene rings is 1. The normalized spacial score (nSPS) is 14.7. The van der Waals surface area contributed by atoms with E-state index in [-0.39, 0.29) is 5.91 Å². The van der Waals surface area contributed by atoms with Gasteiger partial charge in [0.2, 0.25) is 0 Å². The van der Waals surface area contributed by atoms with Gasteiger partial charge in [0.25, 0.3) is 5.91 Å². The Morgan fingerprint density at radius 1 is 1.05 bits per heavy atom. The van der Waals surface area contributed by atoms with Gasteiger partial charge in [0, 0.05) is 37.3 Å².